The van der Waals surface area contributed by atoms with Crippen LogP contribution in [-0.2, 0) is 9.59 Å². The lowest BCUT2D eigenvalue weighted by Gasteiger charge is -2.13. The third-order valence-electron chi connectivity index (χ3n) is 2.49. The van der Waals surface area contributed by atoms with Gasteiger partial charge in [0.05, 0.1) is 0 Å². The minimum atomic E-state index is -1.11. The lowest BCUT2D eigenvalue weighted by Crippen LogP contribution is -2.42. The topological polar surface area (TPSA) is 75.6 Å². The molecule has 0 fully saturated rings. The second-order valence-corrected chi connectivity index (χ2v) is 4.09. The van der Waals surface area contributed by atoms with Gasteiger partial charge in [-0.1, -0.05) is 13.0 Å². The van der Waals surface area contributed by atoms with Gasteiger partial charge in [-0.25, -0.2) is 9.18 Å². The number of ether oxygens (including phenoxy) is 1. The van der Waals surface area contributed by atoms with Crippen LogP contribution in [0, 0.1) is 12.7 Å². The first-order valence-corrected chi connectivity index (χ1v) is 5.85. The summed E-state index contributed by atoms with van der Waals surface area (Å²) in [6.07, 6.45) is 0.264. The molecule has 0 aliphatic carbocycles. The molecule has 1 rings (SSSR count). The molecule has 1 unspecified atom stereocenters. The van der Waals surface area contributed by atoms with Gasteiger partial charge in [0.25, 0.3) is 5.91 Å². The van der Waals surface area contributed by atoms with Crippen LogP contribution in [0.25, 0.3) is 0 Å². The first-order valence-electron chi connectivity index (χ1n) is 5.85. The SMILES string of the molecule is CCC(NC(=O)COc1cc(C)ccc1F)C(=O)O. The second-order valence-electron chi connectivity index (χ2n) is 4.09. The number of hydrogen-bond donors (Lipinski definition) is 2. The normalized spacial score (nSPS) is 11.7. The highest BCUT2D eigenvalue weighted by Gasteiger charge is 2.17. The molecular weight excluding hydrogens is 253 g/mol. The Morgan fingerprint density at radius 3 is 2.74 bits per heavy atom. The lowest BCUT2D eigenvalue weighted by molar-refractivity contribution is -0.142. The number of aliphatic carboxylic acids is 1. The van der Waals surface area contributed by atoms with Crippen molar-refractivity contribution in [2.45, 2.75) is 26.3 Å². The fourth-order valence-electron chi connectivity index (χ4n) is 1.44. The van der Waals surface area contributed by atoms with Gasteiger partial charge in [-0.3, -0.25) is 4.79 Å². The van der Waals surface area contributed by atoms with E-state index in [-0.39, 0.29) is 12.2 Å². The molecule has 0 saturated carbocycles. The van der Waals surface area contributed by atoms with Crippen molar-refractivity contribution < 1.29 is 23.8 Å². The Kier molecular flexibility index (Phi) is 5.29. The molecule has 0 radical (unpaired) electrons. The van der Waals surface area contributed by atoms with Crippen LogP contribution in [0.3, 0.4) is 0 Å². The number of amides is 1. The number of carbonyl (C=O) groups excluding carboxylic acids is 1. The van der Waals surface area contributed by atoms with E-state index < -0.39 is 30.3 Å². The molecule has 0 bridgehead atoms. The smallest absolute Gasteiger partial charge is 0.326 e. The Morgan fingerprint density at radius 1 is 1.47 bits per heavy atom. The Hall–Kier alpha value is -2.11. The van der Waals surface area contributed by atoms with E-state index in [1.54, 1.807) is 19.9 Å². The molecule has 0 heterocycles. The average molecular weight is 269 g/mol. The van der Waals surface area contributed by atoms with Crippen molar-refractivity contribution in [1.82, 2.24) is 5.32 Å². The summed E-state index contributed by atoms with van der Waals surface area (Å²) in [5, 5.41) is 11.1. The molecule has 0 aliphatic rings. The summed E-state index contributed by atoms with van der Waals surface area (Å²) in [5.41, 5.74) is 0.800. The zero-order valence-electron chi connectivity index (χ0n) is 10.8. The minimum Gasteiger partial charge on any atom is -0.481 e. The van der Waals surface area contributed by atoms with Gasteiger partial charge in [0.15, 0.2) is 18.2 Å². The fourth-order valence-corrected chi connectivity index (χ4v) is 1.44. The van der Waals surface area contributed by atoms with E-state index in [4.69, 9.17) is 9.84 Å². The number of halogens is 1. The number of rotatable bonds is 6. The molecule has 0 saturated heterocycles. The quantitative estimate of drug-likeness (QED) is 0.820. The van der Waals surface area contributed by atoms with Crippen molar-refractivity contribution in [1.29, 1.82) is 0 Å². The van der Waals surface area contributed by atoms with Crippen LogP contribution in [0.5, 0.6) is 5.75 Å². The third kappa shape index (κ3) is 4.57. The van der Waals surface area contributed by atoms with E-state index in [1.165, 1.54) is 12.1 Å². The monoisotopic (exact) mass is 269 g/mol. The van der Waals surface area contributed by atoms with Crippen molar-refractivity contribution in [2.75, 3.05) is 6.61 Å². The van der Waals surface area contributed by atoms with E-state index >= 15 is 0 Å². The number of hydrogen-bond acceptors (Lipinski definition) is 3. The Morgan fingerprint density at radius 2 is 2.16 bits per heavy atom. The summed E-state index contributed by atoms with van der Waals surface area (Å²) in [6.45, 7) is 2.98. The van der Waals surface area contributed by atoms with E-state index in [1.807, 2.05) is 0 Å². The highest BCUT2D eigenvalue weighted by atomic mass is 19.1. The van der Waals surface area contributed by atoms with Crippen LogP contribution < -0.4 is 10.1 Å². The maximum atomic E-state index is 13.3. The highest BCUT2D eigenvalue weighted by Crippen LogP contribution is 2.17. The molecule has 6 heteroatoms. The van der Waals surface area contributed by atoms with Gasteiger partial charge >= 0.3 is 5.97 Å². The number of nitrogens with one attached hydrogen (secondary N) is 1. The predicted molar refractivity (Wildman–Crippen MR) is 66.5 cm³/mol. The molecular formula is C13H16FNO4. The van der Waals surface area contributed by atoms with E-state index in [0.29, 0.717) is 0 Å². The zero-order chi connectivity index (χ0) is 14.4. The average Bonchev–Trinajstić information content (AvgIpc) is 2.36. The fraction of sp³-hybridized carbons (Fsp3) is 0.385. The molecule has 0 aliphatic heterocycles. The van der Waals surface area contributed by atoms with Gasteiger partial charge in [0.1, 0.15) is 6.04 Å². The zero-order valence-corrected chi connectivity index (χ0v) is 10.8. The summed E-state index contributed by atoms with van der Waals surface area (Å²) in [6, 6.07) is 3.34. The van der Waals surface area contributed by atoms with Crippen LogP contribution in [0.15, 0.2) is 18.2 Å². The molecule has 1 aromatic carbocycles. The van der Waals surface area contributed by atoms with Crippen LogP contribution in [0.1, 0.15) is 18.9 Å². The van der Waals surface area contributed by atoms with Crippen LogP contribution >= 0.6 is 0 Å². The van der Waals surface area contributed by atoms with E-state index in [2.05, 4.69) is 5.32 Å². The maximum Gasteiger partial charge on any atom is 0.326 e. The van der Waals surface area contributed by atoms with Crippen molar-refractivity contribution in [3.8, 4) is 5.75 Å². The third-order valence-corrected chi connectivity index (χ3v) is 2.49. The number of carboxylic acids is 1. The van der Waals surface area contributed by atoms with Crippen LogP contribution in [0.4, 0.5) is 4.39 Å². The standard InChI is InChI=1S/C13H16FNO4/c1-3-10(13(17)18)15-12(16)7-19-11-6-8(2)4-5-9(11)14/h4-6,10H,3,7H2,1-2H3,(H,15,16)(H,17,18). The maximum absolute atomic E-state index is 13.3. The molecule has 1 atom stereocenters. The lowest BCUT2D eigenvalue weighted by atomic mass is 10.2. The Balaban J connectivity index is 2.54. The largest absolute Gasteiger partial charge is 0.481 e. The van der Waals surface area contributed by atoms with Gasteiger partial charge < -0.3 is 15.2 Å². The van der Waals surface area contributed by atoms with Crippen molar-refractivity contribution in [2.24, 2.45) is 0 Å². The van der Waals surface area contributed by atoms with Crippen LogP contribution in [-0.4, -0.2) is 29.6 Å². The van der Waals surface area contributed by atoms with Gasteiger partial charge in [0, 0.05) is 0 Å². The first kappa shape index (κ1) is 14.9. The minimum absolute atomic E-state index is 0.0291. The van der Waals surface area contributed by atoms with Crippen LogP contribution in [0.2, 0.25) is 0 Å². The molecule has 1 amide bonds. The first-order chi connectivity index (χ1) is 8.93. The molecule has 5 nitrogen and oxygen atoms in total. The van der Waals surface area contributed by atoms with Gasteiger partial charge in [-0.15, -0.1) is 0 Å². The second kappa shape index (κ2) is 6.72. The van der Waals surface area contributed by atoms with E-state index in [0.717, 1.165) is 5.56 Å². The molecule has 2 N–H and O–H groups in total. The predicted octanol–water partition coefficient (Wildman–Crippen LogP) is 1.49. The highest BCUT2D eigenvalue weighted by molar-refractivity contribution is 5.84. The number of carboxylic acid groups (broad SMARTS) is 1. The van der Waals surface area contributed by atoms with Crippen molar-refractivity contribution >= 4 is 11.9 Å². The molecule has 19 heavy (non-hydrogen) atoms. The molecule has 0 aromatic heterocycles. The Labute approximate surface area is 110 Å². The number of carbonyl (C=O) groups is 2. The van der Waals surface area contributed by atoms with Crippen molar-refractivity contribution in [3.63, 3.8) is 0 Å². The molecule has 104 valence electrons. The summed E-state index contributed by atoms with van der Waals surface area (Å²) in [5.74, 6) is -2.31. The van der Waals surface area contributed by atoms with E-state index in [9.17, 15) is 14.0 Å². The molecule has 1 aromatic rings. The summed E-state index contributed by atoms with van der Waals surface area (Å²) < 4.78 is 18.4. The van der Waals surface area contributed by atoms with Gasteiger partial charge in [0.2, 0.25) is 0 Å². The van der Waals surface area contributed by atoms with Gasteiger partial charge in [-0.05, 0) is 31.0 Å². The summed E-state index contributed by atoms with van der Waals surface area (Å²) in [7, 11) is 0. The number of benzene rings is 1. The summed E-state index contributed by atoms with van der Waals surface area (Å²) >= 11 is 0. The van der Waals surface area contributed by atoms with Gasteiger partial charge in [-0.2, -0.15) is 0 Å². The Bertz CT molecular complexity index is 476. The number of aryl methyl sites for hydroxylation is 1. The molecule has 0 spiro atoms. The summed E-state index contributed by atoms with van der Waals surface area (Å²) in [4.78, 5) is 22.2. The van der Waals surface area contributed by atoms with Crippen molar-refractivity contribution in [3.05, 3.63) is 29.6 Å².